The molecule has 0 unspecified atom stereocenters. The summed E-state index contributed by atoms with van der Waals surface area (Å²) in [4.78, 5) is 24.1. The van der Waals surface area contributed by atoms with E-state index in [1.54, 1.807) is 0 Å². The summed E-state index contributed by atoms with van der Waals surface area (Å²) in [5, 5.41) is 5.45. The number of carbonyl (C=O) groups is 2. The Morgan fingerprint density at radius 3 is 2.52 bits per heavy atom. The number of nitrogens with two attached hydrogens (primary N) is 1. The van der Waals surface area contributed by atoms with Crippen LogP contribution in [0.4, 0.5) is 5.69 Å². The van der Waals surface area contributed by atoms with Gasteiger partial charge in [-0.1, -0.05) is 35.2 Å². The van der Waals surface area contributed by atoms with Crippen LogP contribution >= 0.6 is 28.3 Å². The Morgan fingerprint density at radius 1 is 1.26 bits per heavy atom. The lowest BCUT2D eigenvalue weighted by molar-refractivity contribution is -0.129. The molecule has 128 valence electrons. The van der Waals surface area contributed by atoms with Gasteiger partial charge in [0.25, 0.3) is 0 Å². The number of benzene rings is 1. The van der Waals surface area contributed by atoms with Gasteiger partial charge in [-0.3, -0.25) is 9.59 Å². The van der Waals surface area contributed by atoms with Gasteiger partial charge in [0.05, 0.1) is 12.1 Å². The van der Waals surface area contributed by atoms with Crippen LogP contribution in [0, 0.1) is 6.92 Å². The van der Waals surface area contributed by atoms with E-state index < -0.39 is 5.54 Å². The molecule has 1 fully saturated rings. The SMILES string of the molecule is Cc1cc(Br)ccc1NC(=O)CNC(=O)C1(N)CCCCC1.Cl. The van der Waals surface area contributed by atoms with Crippen molar-refractivity contribution in [2.75, 3.05) is 11.9 Å². The number of rotatable bonds is 4. The monoisotopic (exact) mass is 403 g/mol. The summed E-state index contributed by atoms with van der Waals surface area (Å²) in [6.07, 6.45) is 4.43. The second-order valence-electron chi connectivity index (χ2n) is 5.91. The summed E-state index contributed by atoms with van der Waals surface area (Å²) < 4.78 is 0.957. The predicted octanol–water partition coefficient (Wildman–Crippen LogP) is 2.90. The number of carbonyl (C=O) groups excluding carboxylic acids is 2. The lowest BCUT2D eigenvalue weighted by Crippen LogP contribution is -2.56. The quantitative estimate of drug-likeness (QED) is 0.721. The number of anilines is 1. The summed E-state index contributed by atoms with van der Waals surface area (Å²) in [6, 6.07) is 5.61. The van der Waals surface area contributed by atoms with E-state index in [-0.39, 0.29) is 30.8 Å². The summed E-state index contributed by atoms with van der Waals surface area (Å²) in [7, 11) is 0. The largest absolute Gasteiger partial charge is 0.345 e. The first-order valence-corrected chi connectivity index (χ1v) is 8.33. The molecule has 0 saturated heterocycles. The highest BCUT2D eigenvalue weighted by Gasteiger charge is 2.35. The van der Waals surface area contributed by atoms with Crippen LogP contribution in [0.1, 0.15) is 37.7 Å². The molecule has 0 aliphatic heterocycles. The topological polar surface area (TPSA) is 84.2 Å². The number of nitrogens with one attached hydrogen (secondary N) is 2. The summed E-state index contributed by atoms with van der Waals surface area (Å²) in [6.45, 7) is 1.85. The van der Waals surface area contributed by atoms with E-state index in [4.69, 9.17) is 5.73 Å². The lowest BCUT2D eigenvalue weighted by atomic mass is 9.82. The maximum atomic E-state index is 12.2. The molecule has 0 radical (unpaired) electrons. The predicted molar refractivity (Wildman–Crippen MR) is 97.8 cm³/mol. The molecule has 2 rings (SSSR count). The second-order valence-corrected chi connectivity index (χ2v) is 6.82. The van der Waals surface area contributed by atoms with Crippen molar-refractivity contribution >= 4 is 45.8 Å². The molecular weight excluding hydrogens is 382 g/mol. The van der Waals surface area contributed by atoms with E-state index in [0.717, 1.165) is 35.0 Å². The zero-order valence-electron chi connectivity index (χ0n) is 13.2. The molecule has 23 heavy (non-hydrogen) atoms. The first-order chi connectivity index (χ1) is 10.4. The van der Waals surface area contributed by atoms with Crippen molar-refractivity contribution in [1.82, 2.24) is 5.32 Å². The molecule has 5 nitrogen and oxygen atoms in total. The van der Waals surface area contributed by atoms with Gasteiger partial charge in [0.2, 0.25) is 11.8 Å². The Hall–Kier alpha value is -1.11. The first kappa shape index (κ1) is 19.9. The van der Waals surface area contributed by atoms with Crippen molar-refractivity contribution in [2.45, 2.75) is 44.6 Å². The Kier molecular flexibility index (Phi) is 7.51. The van der Waals surface area contributed by atoms with Crippen LogP contribution in [0.3, 0.4) is 0 Å². The van der Waals surface area contributed by atoms with Gasteiger partial charge in [0.1, 0.15) is 0 Å². The van der Waals surface area contributed by atoms with Gasteiger partial charge in [-0.25, -0.2) is 0 Å². The molecule has 1 saturated carbocycles. The summed E-state index contributed by atoms with van der Waals surface area (Å²) in [5.41, 5.74) is 7.01. The lowest BCUT2D eigenvalue weighted by Gasteiger charge is -2.31. The van der Waals surface area contributed by atoms with Gasteiger partial charge < -0.3 is 16.4 Å². The fourth-order valence-corrected chi connectivity index (χ4v) is 3.18. The van der Waals surface area contributed by atoms with E-state index in [2.05, 4.69) is 26.6 Å². The maximum Gasteiger partial charge on any atom is 0.243 e. The first-order valence-electron chi connectivity index (χ1n) is 7.54. The van der Waals surface area contributed by atoms with Gasteiger partial charge in [0.15, 0.2) is 0 Å². The van der Waals surface area contributed by atoms with E-state index in [1.807, 2.05) is 25.1 Å². The van der Waals surface area contributed by atoms with Crippen molar-refractivity contribution in [3.8, 4) is 0 Å². The van der Waals surface area contributed by atoms with Crippen LogP contribution in [0.5, 0.6) is 0 Å². The minimum atomic E-state index is -0.813. The number of halogens is 2. The third-order valence-electron chi connectivity index (χ3n) is 4.07. The molecule has 1 aromatic carbocycles. The minimum Gasteiger partial charge on any atom is -0.345 e. The normalized spacial score (nSPS) is 16.1. The van der Waals surface area contributed by atoms with Crippen molar-refractivity contribution in [1.29, 1.82) is 0 Å². The van der Waals surface area contributed by atoms with Crippen LogP contribution in [0.15, 0.2) is 22.7 Å². The minimum absolute atomic E-state index is 0. The molecule has 0 heterocycles. The molecule has 1 aromatic rings. The number of hydrogen-bond donors (Lipinski definition) is 3. The zero-order valence-corrected chi connectivity index (χ0v) is 15.6. The van der Waals surface area contributed by atoms with Crippen LogP contribution in [0.2, 0.25) is 0 Å². The molecule has 7 heteroatoms. The fraction of sp³-hybridized carbons (Fsp3) is 0.500. The number of aryl methyl sites for hydroxylation is 1. The van der Waals surface area contributed by atoms with Crippen LogP contribution in [-0.4, -0.2) is 23.9 Å². The van der Waals surface area contributed by atoms with Crippen LogP contribution in [0.25, 0.3) is 0 Å². The Labute approximate surface area is 151 Å². The van der Waals surface area contributed by atoms with Crippen molar-refractivity contribution in [3.05, 3.63) is 28.2 Å². The molecule has 0 atom stereocenters. The standard InChI is InChI=1S/C16H22BrN3O2.ClH/c1-11-9-12(17)5-6-13(11)20-14(21)10-19-15(22)16(18)7-3-2-4-8-16;/h5-6,9H,2-4,7-8,10,18H2,1H3,(H,19,22)(H,20,21);1H. The van der Waals surface area contributed by atoms with E-state index in [9.17, 15) is 9.59 Å². The molecule has 0 spiro atoms. The third kappa shape index (κ3) is 5.48. The molecule has 2 amide bonds. The van der Waals surface area contributed by atoms with E-state index in [1.165, 1.54) is 0 Å². The highest BCUT2D eigenvalue weighted by Crippen LogP contribution is 2.26. The van der Waals surface area contributed by atoms with Crippen molar-refractivity contribution in [3.63, 3.8) is 0 Å². The van der Waals surface area contributed by atoms with Gasteiger partial charge in [-0.2, -0.15) is 0 Å². The smallest absolute Gasteiger partial charge is 0.243 e. The van der Waals surface area contributed by atoms with E-state index >= 15 is 0 Å². The highest BCUT2D eigenvalue weighted by atomic mass is 79.9. The van der Waals surface area contributed by atoms with Crippen LogP contribution in [-0.2, 0) is 9.59 Å². The molecule has 4 N–H and O–H groups in total. The second kappa shape index (κ2) is 8.66. The van der Waals surface area contributed by atoms with Gasteiger partial charge in [0, 0.05) is 10.2 Å². The highest BCUT2D eigenvalue weighted by molar-refractivity contribution is 9.10. The molecule has 0 aromatic heterocycles. The maximum absolute atomic E-state index is 12.2. The molecule has 1 aliphatic rings. The van der Waals surface area contributed by atoms with Crippen molar-refractivity contribution in [2.24, 2.45) is 5.73 Å². The molecule has 0 bridgehead atoms. The van der Waals surface area contributed by atoms with Crippen LogP contribution < -0.4 is 16.4 Å². The van der Waals surface area contributed by atoms with Crippen molar-refractivity contribution < 1.29 is 9.59 Å². The molecule has 1 aliphatic carbocycles. The Bertz CT molecular complexity index is 574. The summed E-state index contributed by atoms with van der Waals surface area (Å²) >= 11 is 3.38. The third-order valence-corrected chi connectivity index (χ3v) is 4.56. The summed E-state index contributed by atoms with van der Waals surface area (Å²) in [5.74, 6) is -0.479. The number of hydrogen-bond acceptors (Lipinski definition) is 3. The van der Waals surface area contributed by atoms with E-state index in [0.29, 0.717) is 12.8 Å². The van der Waals surface area contributed by atoms with Gasteiger partial charge in [-0.15, -0.1) is 12.4 Å². The average molecular weight is 405 g/mol. The fourth-order valence-electron chi connectivity index (χ4n) is 2.71. The van der Waals surface area contributed by atoms with Gasteiger partial charge >= 0.3 is 0 Å². The number of amides is 2. The molecular formula is C16H23BrClN3O2. The average Bonchev–Trinajstić information content (AvgIpc) is 2.48. The van der Waals surface area contributed by atoms with Gasteiger partial charge in [-0.05, 0) is 43.5 Å². The zero-order chi connectivity index (χ0) is 16.2. The Morgan fingerprint density at radius 2 is 1.91 bits per heavy atom. The Balaban J connectivity index is 0.00000264.